The van der Waals surface area contributed by atoms with E-state index in [-0.39, 0.29) is 10.8 Å². The van der Waals surface area contributed by atoms with Crippen LogP contribution in [0.4, 0.5) is 0 Å². The first-order valence-electron chi connectivity index (χ1n) is 6.22. The van der Waals surface area contributed by atoms with Crippen LogP contribution in [0.3, 0.4) is 0 Å². The lowest BCUT2D eigenvalue weighted by Gasteiger charge is -2.21. The van der Waals surface area contributed by atoms with E-state index in [1.165, 1.54) is 21.2 Å². The minimum atomic E-state index is 0.222. The van der Waals surface area contributed by atoms with Gasteiger partial charge in [-0.15, -0.1) is 11.3 Å². The molecule has 0 fully saturated rings. The first-order valence-corrected chi connectivity index (χ1v) is 7.10. The van der Waals surface area contributed by atoms with Crippen LogP contribution < -0.4 is 0 Å². The molecular weight excluding hydrogens is 224 g/mol. The number of hydrogen-bond donors (Lipinski definition) is 0. The van der Waals surface area contributed by atoms with Gasteiger partial charge in [-0.2, -0.15) is 0 Å². The maximum Gasteiger partial charge on any atom is 0.0383 e. The molecule has 0 N–H and O–H groups in total. The van der Waals surface area contributed by atoms with Gasteiger partial charge in [0, 0.05) is 4.70 Å². The predicted octanol–water partition coefficient (Wildman–Crippen LogP) is 5.50. The highest BCUT2D eigenvalue weighted by Crippen LogP contribution is 2.39. The fourth-order valence-corrected chi connectivity index (χ4v) is 3.75. The Balaban J connectivity index is 2.74. The molecule has 2 aromatic rings. The van der Waals surface area contributed by atoms with Crippen molar-refractivity contribution >= 4 is 21.4 Å². The molecule has 17 heavy (non-hydrogen) atoms. The van der Waals surface area contributed by atoms with E-state index in [2.05, 4.69) is 65.1 Å². The van der Waals surface area contributed by atoms with E-state index in [4.69, 9.17) is 0 Å². The summed E-state index contributed by atoms with van der Waals surface area (Å²) in [4.78, 5) is 0. The second kappa shape index (κ2) is 3.84. The van der Waals surface area contributed by atoms with Gasteiger partial charge in [-0.25, -0.2) is 0 Å². The van der Waals surface area contributed by atoms with Crippen LogP contribution >= 0.6 is 11.3 Å². The lowest BCUT2D eigenvalue weighted by molar-refractivity contribution is 0.593. The summed E-state index contributed by atoms with van der Waals surface area (Å²) in [6, 6.07) is 6.73. The third-order valence-electron chi connectivity index (χ3n) is 3.22. The first kappa shape index (κ1) is 12.6. The SMILES string of the molecule is CC(C)(C)c1csc2c(C(C)(C)C)cccc12. The van der Waals surface area contributed by atoms with Crippen molar-refractivity contribution in [3.8, 4) is 0 Å². The van der Waals surface area contributed by atoms with Gasteiger partial charge in [0.05, 0.1) is 0 Å². The van der Waals surface area contributed by atoms with Crippen LogP contribution in [0.5, 0.6) is 0 Å². The Hall–Kier alpha value is -0.820. The molecule has 1 heterocycles. The summed E-state index contributed by atoms with van der Waals surface area (Å²) in [5, 5.41) is 3.77. The summed E-state index contributed by atoms with van der Waals surface area (Å²) >= 11 is 1.89. The molecule has 0 saturated carbocycles. The van der Waals surface area contributed by atoms with Crippen molar-refractivity contribution in [3.63, 3.8) is 0 Å². The highest BCUT2D eigenvalue weighted by molar-refractivity contribution is 7.17. The molecule has 0 atom stereocenters. The van der Waals surface area contributed by atoms with Gasteiger partial charge >= 0.3 is 0 Å². The molecule has 2 rings (SSSR count). The van der Waals surface area contributed by atoms with Gasteiger partial charge in [0.1, 0.15) is 0 Å². The molecule has 92 valence electrons. The average Bonchev–Trinajstić information content (AvgIpc) is 2.57. The Kier molecular flexibility index (Phi) is 2.86. The molecule has 0 bridgehead atoms. The molecule has 1 aromatic heterocycles. The zero-order chi connectivity index (χ0) is 12.8. The lowest BCUT2D eigenvalue weighted by atomic mass is 9.83. The molecule has 1 aromatic carbocycles. The summed E-state index contributed by atoms with van der Waals surface area (Å²) < 4.78 is 1.46. The summed E-state index contributed by atoms with van der Waals surface area (Å²) in [5.41, 5.74) is 3.40. The Morgan fingerprint density at radius 2 is 1.41 bits per heavy atom. The smallest absolute Gasteiger partial charge is 0.0383 e. The van der Waals surface area contributed by atoms with E-state index in [0.717, 1.165) is 0 Å². The zero-order valence-electron chi connectivity index (χ0n) is 11.7. The maximum atomic E-state index is 2.33. The van der Waals surface area contributed by atoms with E-state index in [1.54, 1.807) is 0 Å². The Morgan fingerprint density at radius 1 is 0.824 bits per heavy atom. The second-order valence-corrected chi connectivity index (χ2v) is 7.71. The van der Waals surface area contributed by atoms with Crippen LogP contribution in [-0.2, 0) is 10.8 Å². The molecular formula is C16H22S. The van der Waals surface area contributed by atoms with Crippen LogP contribution in [0, 0.1) is 0 Å². The Bertz CT molecular complexity index is 533. The lowest BCUT2D eigenvalue weighted by Crippen LogP contribution is -2.12. The molecule has 0 aliphatic carbocycles. The van der Waals surface area contributed by atoms with Crippen molar-refractivity contribution in [2.24, 2.45) is 0 Å². The topological polar surface area (TPSA) is 0 Å². The van der Waals surface area contributed by atoms with Crippen LogP contribution in [0.1, 0.15) is 52.7 Å². The fourth-order valence-electron chi connectivity index (χ4n) is 2.23. The molecule has 0 amide bonds. The highest BCUT2D eigenvalue weighted by atomic mass is 32.1. The van der Waals surface area contributed by atoms with E-state index in [1.807, 2.05) is 11.3 Å². The third kappa shape index (κ3) is 2.26. The van der Waals surface area contributed by atoms with Crippen LogP contribution in [0.25, 0.3) is 10.1 Å². The minimum absolute atomic E-state index is 0.222. The van der Waals surface area contributed by atoms with Crippen molar-refractivity contribution in [2.45, 2.75) is 52.4 Å². The van der Waals surface area contributed by atoms with Gasteiger partial charge in [-0.3, -0.25) is 0 Å². The summed E-state index contributed by atoms with van der Waals surface area (Å²) in [7, 11) is 0. The van der Waals surface area contributed by atoms with Crippen molar-refractivity contribution in [1.82, 2.24) is 0 Å². The molecule has 0 saturated heterocycles. The second-order valence-electron chi connectivity index (χ2n) is 6.83. The number of hydrogen-bond acceptors (Lipinski definition) is 1. The predicted molar refractivity (Wildman–Crippen MR) is 79.2 cm³/mol. The van der Waals surface area contributed by atoms with Crippen molar-refractivity contribution in [2.75, 3.05) is 0 Å². The van der Waals surface area contributed by atoms with Gasteiger partial charge in [0.15, 0.2) is 0 Å². The van der Waals surface area contributed by atoms with Gasteiger partial charge in [-0.05, 0) is 32.7 Å². The monoisotopic (exact) mass is 246 g/mol. The fraction of sp³-hybridized carbons (Fsp3) is 0.500. The third-order valence-corrected chi connectivity index (χ3v) is 4.24. The Morgan fingerprint density at radius 3 is 1.94 bits per heavy atom. The van der Waals surface area contributed by atoms with E-state index in [9.17, 15) is 0 Å². The molecule has 0 spiro atoms. The largest absolute Gasteiger partial charge is 0.143 e. The van der Waals surface area contributed by atoms with Gasteiger partial charge < -0.3 is 0 Å². The number of rotatable bonds is 0. The summed E-state index contributed by atoms with van der Waals surface area (Å²) in [6.07, 6.45) is 0. The van der Waals surface area contributed by atoms with Crippen molar-refractivity contribution < 1.29 is 0 Å². The average molecular weight is 246 g/mol. The highest BCUT2D eigenvalue weighted by Gasteiger charge is 2.22. The van der Waals surface area contributed by atoms with Gasteiger partial charge in [0.2, 0.25) is 0 Å². The molecule has 0 nitrogen and oxygen atoms in total. The normalized spacial score (nSPS) is 13.3. The van der Waals surface area contributed by atoms with E-state index < -0.39 is 0 Å². The maximum absolute atomic E-state index is 2.33. The molecule has 0 aliphatic rings. The molecule has 0 radical (unpaired) electrons. The van der Waals surface area contributed by atoms with Crippen LogP contribution in [0.15, 0.2) is 23.6 Å². The quantitative estimate of drug-likeness (QED) is 0.576. The molecule has 0 unspecified atom stereocenters. The van der Waals surface area contributed by atoms with Gasteiger partial charge in [-0.1, -0.05) is 59.7 Å². The van der Waals surface area contributed by atoms with Crippen LogP contribution in [0.2, 0.25) is 0 Å². The standard InChI is InChI=1S/C16H22S/c1-15(2,3)12-9-7-8-11-13(16(4,5)6)10-17-14(11)12/h7-10H,1-6H3. The number of fused-ring (bicyclic) bond motifs is 1. The van der Waals surface area contributed by atoms with E-state index >= 15 is 0 Å². The molecule has 0 aliphatic heterocycles. The minimum Gasteiger partial charge on any atom is -0.143 e. The van der Waals surface area contributed by atoms with E-state index in [0.29, 0.717) is 0 Å². The van der Waals surface area contributed by atoms with Crippen molar-refractivity contribution in [3.05, 3.63) is 34.7 Å². The Labute approximate surface area is 109 Å². The zero-order valence-corrected chi connectivity index (χ0v) is 12.5. The first-order chi connectivity index (χ1) is 7.71. The number of thiophene rings is 1. The van der Waals surface area contributed by atoms with Gasteiger partial charge in [0.25, 0.3) is 0 Å². The van der Waals surface area contributed by atoms with Crippen LogP contribution in [-0.4, -0.2) is 0 Å². The molecule has 1 heteroatoms. The summed E-state index contributed by atoms with van der Waals surface area (Å²) in [6.45, 7) is 13.7. The number of benzene rings is 1. The summed E-state index contributed by atoms with van der Waals surface area (Å²) in [5.74, 6) is 0. The van der Waals surface area contributed by atoms with Crippen molar-refractivity contribution in [1.29, 1.82) is 0 Å².